The Labute approximate surface area is 223 Å². The van der Waals surface area contributed by atoms with Crippen molar-refractivity contribution in [2.24, 2.45) is 0 Å². The van der Waals surface area contributed by atoms with Crippen molar-refractivity contribution < 1.29 is 59.1 Å². The standard InChI is InChI=1S/C27H30O12/c1-34-18-6-13-14(7-19(18)35-2)26(39-27-25(33)24(32)23(31)21(10-30)38-27)16(9-29)15(8-28)22(13)12-3-4-17-20(5-12)37-11-36-17/h3-7,21,23-25,27-33H,8-11H2,1-2H3/t21-,23-,24+,25-,27+/m1/s1. The summed E-state index contributed by atoms with van der Waals surface area (Å²) < 4.78 is 33.6. The van der Waals surface area contributed by atoms with E-state index in [1.54, 1.807) is 30.3 Å². The maximum Gasteiger partial charge on any atom is 0.231 e. The quantitative estimate of drug-likeness (QED) is 0.230. The fourth-order valence-corrected chi connectivity index (χ4v) is 5.03. The zero-order valence-electron chi connectivity index (χ0n) is 21.2. The highest BCUT2D eigenvalue weighted by Gasteiger charge is 2.45. The van der Waals surface area contributed by atoms with Gasteiger partial charge in [-0.3, -0.25) is 0 Å². The molecular weight excluding hydrogens is 516 g/mol. The van der Waals surface area contributed by atoms with Crippen molar-refractivity contribution in [1.29, 1.82) is 0 Å². The molecule has 5 atom stereocenters. The number of ether oxygens (including phenoxy) is 6. The molecule has 2 aliphatic heterocycles. The van der Waals surface area contributed by atoms with E-state index in [4.69, 9.17) is 28.4 Å². The van der Waals surface area contributed by atoms with Crippen LogP contribution in [0.3, 0.4) is 0 Å². The highest BCUT2D eigenvalue weighted by atomic mass is 16.7. The molecule has 5 rings (SSSR count). The lowest BCUT2D eigenvalue weighted by molar-refractivity contribution is -0.277. The Morgan fingerprint density at radius 3 is 2.10 bits per heavy atom. The number of aliphatic hydroxyl groups excluding tert-OH is 6. The Hall–Kier alpha value is -3.36. The molecule has 210 valence electrons. The van der Waals surface area contributed by atoms with Crippen molar-refractivity contribution in [3.8, 4) is 39.9 Å². The summed E-state index contributed by atoms with van der Waals surface area (Å²) in [6, 6.07) is 8.59. The minimum atomic E-state index is -1.70. The summed E-state index contributed by atoms with van der Waals surface area (Å²) in [5.41, 5.74) is 1.70. The number of fused-ring (bicyclic) bond motifs is 2. The summed E-state index contributed by atoms with van der Waals surface area (Å²) in [7, 11) is 2.93. The highest BCUT2D eigenvalue weighted by Crippen LogP contribution is 2.48. The van der Waals surface area contributed by atoms with E-state index in [1.165, 1.54) is 14.2 Å². The molecule has 0 unspecified atom stereocenters. The lowest BCUT2D eigenvalue weighted by atomic mass is 9.88. The second-order valence-electron chi connectivity index (χ2n) is 9.11. The summed E-state index contributed by atoms with van der Waals surface area (Å²) in [6.45, 7) is -1.65. The van der Waals surface area contributed by atoms with Gasteiger partial charge in [0.2, 0.25) is 13.1 Å². The van der Waals surface area contributed by atoms with Gasteiger partial charge < -0.3 is 59.1 Å². The smallest absolute Gasteiger partial charge is 0.231 e. The zero-order valence-corrected chi connectivity index (χ0v) is 21.2. The van der Waals surface area contributed by atoms with E-state index in [1.807, 2.05) is 0 Å². The van der Waals surface area contributed by atoms with E-state index >= 15 is 0 Å². The molecule has 0 aliphatic carbocycles. The first-order chi connectivity index (χ1) is 18.9. The van der Waals surface area contributed by atoms with Gasteiger partial charge in [0.05, 0.1) is 34.0 Å². The van der Waals surface area contributed by atoms with Gasteiger partial charge in [-0.1, -0.05) is 6.07 Å². The first-order valence-corrected chi connectivity index (χ1v) is 12.2. The number of hydrogen-bond acceptors (Lipinski definition) is 12. The molecule has 0 spiro atoms. The van der Waals surface area contributed by atoms with Crippen LogP contribution in [0, 0.1) is 0 Å². The third-order valence-corrected chi connectivity index (χ3v) is 7.04. The van der Waals surface area contributed by atoms with Gasteiger partial charge in [-0.2, -0.15) is 0 Å². The number of hydrogen-bond donors (Lipinski definition) is 6. The van der Waals surface area contributed by atoms with Crippen LogP contribution in [0.1, 0.15) is 11.1 Å². The van der Waals surface area contributed by atoms with Crippen LogP contribution in [0.4, 0.5) is 0 Å². The second-order valence-corrected chi connectivity index (χ2v) is 9.11. The Kier molecular flexibility index (Phi) is 7.69. The maximum atomic E-state index is 10.6. The van der Waals surface area contributed by atoms with Gasteiger partial charge in [-0.25, -0.2) is 0 Å². The van der Waals surface area contributed by atoms with Gasteiger partial charge in [0.15, 0.2) is 23.0 Å². The average molecular weight is 547 g/mol. The van der Waals surface area contributed by atoms with E-state index in [9.17, 15) is 30.6 Å². The summed E-state index contributed by atoms with van der Waals surface area (Å²) >= 11 is 0. The lowest BCUT2D eigenvalue weighted by Crippen LogP contribution is -2.60. The lowest BCUT2D eigenvalue weighted by Gasteiger charge is -2.40. The average Bonchev–Trinajstić information content (AvgIpc) is 3.44. The summed E-state index contributed by atoms with van der Waals surface area (Å²) in [5, 5.41) is 62.7. The molecule has 0 bridgehead atoms. The normalized spacial score (nSPS) is 24.2. The molecule has 0 radical (unpaired) electrons. The third-order valence-electron chi connectivity index (χ3n) is 7.04. The second kappa shape index (κ2) is 11.0. The van der Waals surface area contributed by atoms with Crippen molar-refractivity contribution >= 4 is 10.8 Å². The third kappa shape index (κ3) is 4.59. The Bertz CT molecular complexity index is 1360. The Morgan fingerprint density at radius 2 is 1.46 bits per heavy atom. The molecule has 39 heavy (non-hydrogen) atoms. The fourth-order valence-electron chi connectivity index (χ4n) is 5.03. The van der Waals surface area contributed by atoms with Crippen LogP contribution in [-0.4, -0.2) is 89.0 Å². The Balaban J connectivity index is 1.76. The SMILES string of the molecule is COc1cc2c(O[C@@H]3O[C@H](CO)[C@@H](O)[C@H](O)[C@H]3O)c(CO)c(CO)c(-c3ccc4c(c3)OCO4)c2cc1OC. The molecule has 6 N–H and O–H groups in total. The first-order valence-electron chi connectivity index (χ1n) is 12.2. The number of benzene rings is 3. The molecular formula is C27H30O12. The zero-order chi connectivity index (χ0) is 27.8. The van der Waals surface area contributed by atoms with Crippen molar-refractivity contribution in [2.45, 2.75) is 43.9 Å². The molecule has 0 saturated carbocycles. The summed E-state index contributed by atoms with van der Waals surface area (Å²) in [4.78, 5) is 0. The monoisotopic (exact) mass is 546 g/mol. The van der Waals surface area contributed by atoms with E-state index < -0.39 is 50.5 Å². The molecule has 2 heterocycles. The highest BCUT2D eigenvalue weighted by molar-refractivity contribution is 6.04. The van der Waals surface area contributed by atoms with Crippen LogP contribution in [0.5, 0.6) is 28.7 Å². The molecule has 0 aromatic heterocycles. The minimum Gasteiger partial charge on any atom is -0.493 e. The van der Waals surface area contributed by atoms with E-state index in [2.05, 4.69) is 0 Å². The van der Waals surface area contributed by atoms with Crippen molar-refractivity contribution in [1.82, 2.24) is 0 Å². The van der Waals surface area contributed by atoms with Crippen LogP contribution >= 0.6 is 0 Å². The first kappa shape index (κ1) is 27.2. The Morgan fingerprint density at radius 1 is 0.795 bits per heavy atom. The fraction of sp³-hybridized carbons (Fsp3) is 0.407. The van der Waals surface area contributed by atoms with Crippen molar-refractivity contribution in [2.75, 3.05) is 27.6 Å². The largest absolute Gasteiger partial charge is 0.493 e. The van der Waals surface area contributed by atoms with Gasteiger partial charge in [0, 0.05) is 10.9 Å². The van der Waals surface area contributed by atoms with E-state index in [0.717, 1.165) is 0 Å². The summed E-state index contributed by atoms with van der Waals surface area (Å²) in [5.74, 6) is 1.83. The molecule has 0 amide bonds. The van der Waals surface area contributed by atoms with Crippen LogP contribution in [0.2, 0.25) is 0 Å². The van der Waals surface area contributed by atoms with Gasteiger partial charge >= 0.3 is 0 Å². The predicted molar refractivity (Wildman–Crippen MR) is 135 cm³/mol. The van der Waals surface area contributed by atoms with Crippen LogP contribution < -0.4 is 23.7 Å². The molecule has 3 aromatic rings. The number of rotatable bonds is 8. The van der Waals surface area contributed by atoms with Gasteiger partial charge in [-0.05, 0) is 46.3 Å². The molecule has 12 heteroatoms. The predicted octanol–water partition coefficient (Wildman–Crippen LogP) is 0.416. The molecule has 3 aromatic carbocycles. The van der Waals surface area contributed by atoms with Gasteiger partial charge in [0.1, 0.15) is 30.2 Å². The molecule has 2 aliphatic rings. The molecule has 1 saturated heterocycles. The topological polar surface area (TPSA) is 177 Å². The summed E-state index contributed by atoms with van der Waals surface area (Å²) in [6.07, 6.45) is -7.70. The van der Waals surface area contributed by atoms with E-state index in [0.29, 0.717) is 50.5 Å². The van der Waals surface area contributed by atoms with Crippen molar-refractivity contribution in [3.05, 3.63) is 41.5 Å². The van der Waals surface area contributed by atoms with E-state index in [-0.39, 0.29) is 18.1 Å². The van der Waals surface area contributed by atoms with Gasteiger partial charge in [-0.15, -0.1) is 0 Å². The molecule has 1 fully saturated rings. The number of aliphatic hydroxyl groups is 6. The minimum absolute atomic E-state index is 0.0336. The van der Waals surface area contributed by atoms with Crippen LogP contribution in [-0.2, 0) is 18.0 Å². The van der Waals surface area contributed by atoms with Crippen molar-refractivity contribution in [3.63, 3.8) is 0 Å². The molecule has 12 nitrogen and oxygen atoms in total. The van der Waals surface area contributed by atoms with Crippen LogP contribution in [0.15, 0.2) is 30.3 Å². The van der Waals surface area contributed by atoms with Crippen LogP contribution in [0.25, 0.3) is 21.9 Å². The number of methoxy groups -OCH3 is 2. The van der Waals surface area contributed by atoms with Gasteiger partial charge in [0.25, 0.3) is 0 Å². The maximum absolute atomic E-state index is 10.6.